The van der Waals surface area contributed by atoms with Gasteiger partial charge >= 0.3 is 6.03 Å². The van der Waals surface area contributed by atoms with Crippen LogP contribution in [0.15, 0.2) is 24.3 Å². The van der Waals surface area contributed by atoms with E-state index in [4.69, 9.17) is 0 Å². The van der Waals surface area contributed by atoms with E-state index in [1.807, 2.05) is 31.2 Å². The van der Waals surface area contributed by atoms with Crippen molar-refractivity contribution in [3.05, 3.63) is 29.8 Å². The summed E-state index contributed by atoms with van der Waals surface area (Å²) in [5.41, 5.74) is 1.80. The number of anilines is 1. The summed E-state index contributed by atoms with van der Waals surface area (Å²) < 4.78 is 0. The number of imide groups is 1. The fourth-order valence-corrected chi connectivity index (χ4v) is 2.86. The van der Waals surface area contributed by atoms with Gasteiger partial charge in [0.25, 0.3) is 5.91 Å². The minimum absolute atomic E-state index is 0.0618. The van der Waals surface area contributed by atoms with Crippen LogP contribution >= 0.6 is 0 Å². The molecule has 1 aromatic rings. The molecule has 0 saturated carbocycles. The second kappa shape index (κ2) is 7.92. The number of nitrogens with one attached hydrogen (secondary N) is 3. The van der Waals surface area contributed by atoms with Crippen molar-refractivity contribution in [1.82, 2.24) is 10.6 Å². The Labute approximate surface area is 142 Å². The van der Waals surface area contributed by atoms with Crippen molar-refractivity contribution in [2.45, 2.75) is 19.9 Å². The average molecular weight is 333 g/mol. The number of Topliss-reactive ketones (excluding diaryl/α,β-unsaturated/α-hetero) is 1. The van der Waals surface area contributed by atoms with Gasteiger partial charge in [0.15, 0.2) is 11.8 Å². The fourth-order valence-electron chi connectivity index (χ4n) is 2.86. The van der Waals surface area contributed by atoms with Crippen LogP contribution in [-0.2, 0) is 4.79 Å². The molecule has 0 radical (unpaired) electrons. The molecular weight excluding hydrogens is 308 g/mol. The summed E-state index contributed by atoms with van der Waals surface area (Å²) in [6.45, 7) is 6.68. The van der Waals surface area contributed by atoms with Crippen LogP contribution in [-0.4, -0.2) is 57.0 Å². The number of ketones is 1. The molecule has 1 atom stereocenters. The number of urea groups is 1. The lowest BCUT2D eigenvalue weighted by molar-refractivity contribution is -0.914. The molecule has 3 amide bonds. The fraction of sp³-hybridized carbons (Fsp3) is 0.471. The second-order valence-corrected chi connectivity index (χ2v) is 6.04. The molecule has 1 aromatic carbocycles. The van der Waals surface area contributed by atoms with Crippen molar-refractivity contribution in [1.29, 1.82) is 0 Å². The van der Waals surface area contributed by atoms with Gasteiger partial charge in [0.1, 0.15) is 0 Å². The van der Waals surface area contributed by atoms with Crippen molar-refractivity contribution >= 4 is 23.4 Å². The highest BCUT2D eigenvalue weighted by molar-refractivity contribution is 5.96. The molecule has 2 rings (SSSR count). The number of amides is 3. The molecule has 0 spiro atoms. The van der Waals surface area contributed by atoms with Gasteiger partial charge in [-0.25, -0.2) is 4.79 Å². The van der Waals surface area contributed by atoms with Crippen LogP contribution in [0, 0.1) is 0 Å². The quantitative estimate of drug-likeness (QED) is 0.645. The first-order valence-electron chi connectivity index (χ1n) is 8.15. The molecule has 1 aliphatic rings. The van der Waals surface area contributed by atoms with E-state index >= 15 is 0 Å². The van der Waals surface area contributed by atoms with E-state index in [9.17, 15) is 14.4 Å². The zero-order chi connectivity index (χ0) is 17.7. The number of piperazine rings is 1. The van der Waals surface area contributed by atoms with Gasteiger partial charge in [0.05, 0.1) is 26.2 Å². The van der Waals surface area contributed by atoms with E-state index < -0.39 is 6.03 Å². The third-order valence-corrected chi connectivity index (χ3v) is 4.51. The van der Waals surface area contributed by atoms with Crippen LogP contribution in [0.3, 0.4) is 0 Å². The van der Waals surface area contributed by atoms with E-state index in [1.165, 1.54) is 7.05 Å². The van der Waals surface area contributed by atoms with Crippen molar-refractivity contribution < 1.29 is 19.3 Å². The molecule has 0 aliphatic carbocycles. The molecule has 0 aromatic heterocycles. The number of nitrogens with zero attached hydrogens (tertiary/aromatic N) is 1. The van der Waals surface area contributed by atoms with Gasteiger partial charge in [-0.1, -0.05) is 0 Å². The molecule has 7 nitrogen and oxygen atoms in total. The number of benzene rings is 1. The Bertz CT molecular complexity index is 607. The van der Waals surface area contributed by atoms with Crippen molar-refractivity contribution in [2.75, 3.05) is 38.1 Å². The van der Waals surface area contributed by atoms with Crippen molar-refractivity contribution in [3.8, 4) is 0 Å². The molecule has 0 bridgehead atoms. The number of rotatable bonds is 4. The maximum atomic E-state index is 12.0. The molecule has 3 N–H and O–H groups in total. The first-order valence-corrected chi connectivity index (χ1v) is 8.15. The monoisotopic (exact) mass is 333 g/mol. The second-order valence-electron chi connectivity index (χ2n) is 6.04. The minimum atomic E-state index is -0.476. The smallest absolute Gasteiger partial charge is 0.321 e. The van der Waals surface area contributed by atoms with Crippen molar-refractivity contribution in [3.63, 3.8) is 0 Å². The van der Waals surface area contributed by atoms with E-state index in [-0.39, 0.29) is 17.7 Å². The summed E-state index contributed by atoms with van der Waals surface area (Å²) in [5, 5.41) is 4.71. The Morgan fingerprint density at radius 1 is 1.12 bits per heavy atom. The third kappa shape index (κ3) is 4.32. The highest BCUT2D eigenvalue weighted by Gasteiger charge is 2.29. The third-order valence-electron chi connectivity index (χ3n) is 4.51. The summed E-state index contributed by atoms with van der Waals surface area (Å²) in [6, 6.07) is 6.86. The van der Waals surface area contributed by atoms with E-state index in [0.29, 0.717) is 5.56 Å². The zero-order valence-corrected chi connectivity index (χ0v) is 14.4. The standard InChI is InChI=1S/C17H24N4O3/c1-12(16(23)19-17(24)18-3)20-8-10-21(11-9-20)15-6-4-14(5-7-15)13(2)22/h4-7,12H,8-11H2,1-3H3,(H2,18,19,23,24)/p+1/t12-/m1/s1. The predicted octanol–water partition coefficient (Wildman–Crippen LogP) is -0.562. The van der Waals surface area contributed by atoms with Crippen LogP contribution in [0.25, 0.3) is 0 Å². The lowest BCUT2D eigenvalue weighted by Gasteiger charge is -2.35. The normalized spacial score (nSPS) is 16.4. The van der Waals surface area contributed by atoms with E-state index in [2.05, 4.69) is 15.5 Å². The summed E-state index contributed by atoms with van der Waals surface area (Å²) in [5.74, 6) is -0.199. The van der Waals surface area contributed by atoms with Crippen LogP contribution in [0.4, 0.5) is 10.5 Å². The van der Waals surface area contributed by atoms with Gasteiger partial charge in [0, 0.05) is 18.3 Å². The van der Waals surface area contributed by atoms with Crippen LogP contribution in [0.2, 0.25) is 0 Å². The average Bonchev–Trinajstić information content (AvgIpc) is 2.61. The van der Waals surface area contributed by atoms with Gasteiger partial charge in [-0.3, -0.25) is 14.9 Å². The lowest BCUT2D eigenvalue weighted by atomic mass is 10.1. The Morgan fingerprint density at radius 2 is 1.71 bits per heavy atom. The van der Waals surface area contributed by atoms with Gasteiger partial charge in [-0.2, -0.15) is 0 Å². The highest BCUT2D eigenvalue weighted by Crippen LogP contribution is 2.15. The molecule has 0 unspecified atom stereocenters. The van der Waals surface area contributed by atoms with Gasteiger partial charge < -0.3 is 15.1 Å². The molecule has 1 fully saturated rings. The molecule has 1 heterocycles. The number of quaternary nitrogens is 1. The number of hydrogen-bond donors (Lipinski definition) is 3. The van der Waals surface area contributed by atoms with Crippen LogP contribution in [0.1, 0.15) is 24.2 Å². The van der Waals surface area contributed by atoms with Crippen LogP contribution < -0.4 is 20.4 Å². The van der Waals surface area contributed by atoms with E-state index in [1.54, 1.807) is 6.92 Å². The molecule has 24 heavy (non-hydrogen) atoms. The topological polar surface area (TPSA) is 82.9 Å². The van der Waals surface area contributed by atoms with Crippen LogP contribution in [0.5, 0.6) is 0 Å². The van der Waals surface area contributed by atoms with Gasteiger partial charge in [-0.15, -0.1) is 0 Å². The zero-order valence-electron chi connectivity index (χ0n) is 14.4. The highest BCUT2D eigenvalue weighted by atomic mass is 16.2. The predicted molar refractivity (Wildman–Crippen MR) is 91.4 cm³/mol. The number of carbonyl (C=O) groups excluding carboxylic acids is 3. The summed E-state index contributed by atoms with van der Waals surface area (Å²) in [4.78, 5) is 38.0. The molecule has 1 aliphatic heterocycles. The minimum Gasteiger partial charge on any atom is -0.360 e. The summed E-state index contributed by atoms with van der Waals surface area (Å²) in [7, 11) is 1.48. The lowest BCUT2D eigenvalue weighted by Crippen LogP contribution is -3.19. The maximum Gasteiger partial charge on any atom is 0.321 e. The maximum absolute atomic E-state index is 12.0. The Balaban J connectivity index is 1.89. The number of carbonyl (C=O) groups is 3. The Morgan fingerprint density at radius 3 is 2.21 bits per heavy atom. The molecular formula is C17H25N4O3+. The summed E-state index contributed by atoms with van der Waals surface area (Å²) in [6.07, 6.45) is 0. The Hall–Kier alpha value is -2.41. The largest absolute Gasteiger partial charge is 0.360 e. The number of hydrogen-bond acceptors (Lipinski definition) is 4. The molecule has 1 saturated heterocycles. The van der Waals surface area contributed by atoms with Gasteiger partial charge in [-0.05, 0) is 38.1 Å². The van der Waals surface area contributed by atoms with E-state index in [0.717, 1.165) is 36.8 Å². The molecule has 7 heteroatoms. The first kappa shape index (κ1) is 17.9. The van der Waals surface area contributed by atoms with Gasteiger partial charge in [0.2, 0.25) is 0 Å². The first-order chi connectivity index (χ1) is 11.4. The summed E-state index contributed by atoms with van der Waals surface area (Å²) >= 11 is 0. The molecule has 130 valence electrons. The van der Waals surface area contributed by atoms with Crippen molar-refractivity contribution in [2.24, 2.45) is 0 Å². The SMILES string of the molecule is CNC(=O)NC(=O)[C@@H](C)[NH+]1CCN(c2ccc(C(C)=O)cc2)CC1. The Kier molecular flexibility index (Phi) is 5.92.